The molecule has 1 nitrogen and oxygen atoms in total. The molecule has 0 unspecified atom stereocenters. The van der Waals surface area contributed by atoms with E-state index in [0.717, 1.165) is 12.7 Å². The maximum absolute atomic E-state index is 9.86. The van der Waals surface area contributed by atoms with E-state index in [1.54, 1.807) is 0 Å². The van der Waals surface area contributed by atoms with E-state index in [2.05, 4.69) is 13.3 Å². The van der Waals surface area contributed by atoms with Gasteiger partial charge in [0, 0.05) is 6.42 Å². The Morgan fingerprint density at radius 1 is 1.20 bits per heavy atom. The summed E-state index contributed by atoms with van der Waals surface area (Å²) < 4.78 is 0. The SMILES string of the molecule is CCCCCC[CH]CC=O. The average Bonchev–Trinajstić information content (AvgIpc) is 1.97. The van der Waals surface area contributed by atoms with Gasteiger partial charge in [0.15, 0.2) is 0 Å². The second-order valence-corrected chi connectivity index (χ2v) is 2.54. The number of rotatable bonds is 7. The van der Waals surface area contributed by atoms with Gasteiger partial charge in [-0.2, -0.15) is 0 Å². The second kappa shape index (κ2) is 8.67. The van der Waals surface area contributed by atoms with E-state index < -0.39 is 0 Å². The first kappa shape index (κ1) is 9.67. The third-order valence-corrected chi connectivity index (χ3v) is 1.52. The molecule has 0 N–H and O–H groups in total. The molecule has 0 bridgehead atoms. The van der Waals surface area contributed by atoms with Crippen molar-refractivity contribution in [2.45, 2.75) is 45.4 Å². The molecule has 0 aromatic carbocycles. The van der Waals surface area contributed by atoms with E-state index in [1.807, 2.05) is 0 Å². The molecule has 0 aromatic rings. The van der Waals surface area contributed by atoms with Crippen LogP contribution in [-0.2, 0) is 4.79 Å². The van der Waals surface area contributed by atoms with E-state index in [1.165, 1.54) is 25.7 Å². The quantitative estimate of drug-likeness (QED) is 0.393. The first-order chi connectivity index (χ1) is 4.91. The Balaban J connectivity index is 2.70. The number of hydrogen-bond acceptors (Lipinski definition) is 1. The molecule has 0 amide bonds. The van der Waals surface area contributed by atoms with Crippen LogP contribution in [0.3, 0.4) is 0 Å². The van der Waals surface area contributed by atoms with Gasteiger partial charge in [-0.1, -0.05) is 32.6 Å². The normalized spacial score (nSPS) is 9.70. The fourth-order valence-electron chi connectivity index (χ4n) is 0.901. The van der Waals surface area contributed by atoms with Crippen molar-refractivity contribution in [2.75, 3.05) is 0 Å². The zero-order valence-corrected chi connectivity index (χ0v) is 6.81. The third-order valence-electron chi connectivity index (χ3n) is 1.52. The van der Waals surface area contributed by atoms with Gasteiger partial charge >= 0.3 is 0 Å². The lowest BCUT2D eigenvalue weighted by Gasteiger charge is -1.95. The lowest BCUT2D eigenvalue weighted by molar-refractivity contribution is -0.107. The van der Waals surface area contributed by atoms with Crippen molar-refractivity contribution in [1.29, 1.82) is 0 Å². The summed E-state index contributed by atoms with van der Waals surface area (Å²) in [6.07, 6.45) is 9.93. The van der Waals surface area contributed by atoms with Crippen LogP contribution in [0.25, 0.3) is 0 Å². The highest BCUT2D eigenvalue weighted by Gasteiger charge is 1.88. The monoisotopic (exact) mass is 141 g/mol. The molecule has 0 aliphatic carbocycles. The standard InChI is InChI=1S/C9H17O/c1-2-3-4-5-6-7-8-9-10/h7,9H,2-6,8H2,1H3. The summed E-state index contributed by atoms with van der Waals surface area (Å²) >= 11 is 0. The van der Waals surface area contributed by atoms with Crippen LogP contribution in [0.15, 0.2) is 0 Å². The van der Waals surface area contributed by atoms with Crippen LogP contribution in [0.4, 0.5) is 0 Å². The molecule has 0 rings (SSSR count). The molecule has 0 aromatic heterocycles. The molecular formula is C9H17O. The molecule has 0 aliphatic rings. The van der Waals surface area contributed by atoms with Crippen molar-refractivity contribution in [1.82, 2.24) is 0 Å². The highest BCUT2D eigenvalue weighted by Crippen LogP contribution is 2.04. The molecule has 0 heterocycles. The fourth-order valence-corrected chi connectivity index (χ4v) is 0.901. The zero-order chi connectivity index (χ0) is 7.66. The van der Waals surface area contributed by atoms with Crippen LogP contribution >= 0.6 is 0 Å². The van der Waals surface area contributed by atoms with Crippen molar-refractivity contribution in [3.8, 4) is 0 Å². The van der Waals surface area contributed by atoms with Crippen LogP contribution in [-0.4, -0.2) is 6.29 Å². The van der Waals surface area contributed by atoms with Crippen LogP contribution in [0, 0.1) is 6.42 Å². The van der Waals surface area contributed by atoms with Gasteiger partial charge in [0.05, 0.1) is 0 Å². The van der Waals surface area contributed by atoms with E-state index in [9.17, 15) is 4.79 Å². The van der Waals surface area contributed by atoms with Crippen LogP contribution in [0.2, 0.25) is 0 Å². The molecule has 0 saturated heterocycles. The van der Waals surface area contributed by atoms with Crippen molar-refractivity contribution in [3.05, 3.63) is 6.42 Å². The highest BCUT2D eigenvalue weighted by atomic mass is 16.1. The lowest BCUT2D eigenvalue weighted by atomic mass is 10.1. The topological polar surface area (TPSA) is 17.1 Å². The Morgan fingerprint density at radius 2 is 2.00 bits per heavy atom. The summed E-state index contributed by atoms with van der Waals surface area (Å²) in [6.45, 7) is 2.20. The molecule has 10 heavy (non-hydrogen) atoms. The van der Waals surface area contributed by atoms with E-state index in [4.69, 9.17) is 0 Å². The first-order valence-electron chi connectivity index (χ1n) is 4.17. The Morgan fingerprint density at radius 3 is 2.60 bits per heavy atom. The predicted octanol–water partition coefficient (Wildman–Crippen LogP) is 2.75. The molecule has 0 fully saturated rings. The van der Waals surface area contributed by atoms with Gasteiger partial charge in [-0.3, -0.25) is 0 Å². The second-order valence-electron chi connectivity index (χ2n) is 2.54. The Labute approximate surface area is 63.8 Å². The number of carbonyl (C=O) groups is 1. The molecule has 1 radical (unpaired) electrons. The van der Waals surface area contributed by atoms with Gasteiger partial charge in [0.2, 0.25) is 0 Å². The summed E-state index contributed by atoms with van der Waals surface area (Å²) in [4.78, 5) is 9.86. The van der Waals surface area contributed by atoms with Gasteiger partial charge in [0.25, 0.3) is 0 Å². The van der Waals surface area contributed by atoms with Crippen molar-refractivity contribution in [2.24, 2.45) is 0 Å². The van der Waals surface area contributed by atoms with Crippen molar-refractivity contribution in [3.63, 3.8) is 0 Å². The van der Waals surface area contributed by atoms with Gasteiger partial charge < -0.3 is 4.79 Å². The van der Waals surface area contributed by atoms with E-state index in [0.29, 0.717) is 6.42 Å². The minimum absolute atomic E-state index is 0.631. The maximum atomic E-state index is 9.86. The third kappa shape index (κ3) is 7.67. The van der Waals surface area contributed by atoms with Crippen LogP contribution in [0.1, 0.15) is 45.4 Å². The number of aldehydes is 1. The van der Waals surface area contributed by atoms with Gasteiger partial charge in [-0.05, 0) is 12.8 Å². The molecular weight excluding hydrogens is 124 g/mol. The van der Waals surface area contributed by atoms with Gasteiger partial charge in [0.1, 0.15) is 6.29 Å². The average molecular weight is 141 g/mol. The van der Waals surface area contributed by atoms with Crippen LogP contribution < -0.4 is 0 Å². The summed E-state index contributed by atoms with van der Waals surface area (Å²) in [5, 5.41) is 0. The van der Waals surface area contributed by atoms with E-state index >= 15 is 0 Å². The predicted molar refractivity (Wildman–Crippen MR) is 43.7 cm³/mol. The fraction of sp³-hybridized carbons (Fsp3) is 0.778. The minimum atomic E-state index is 0.631. The summed E-state index contributed by atoms with van der Waals surface area (Å²) in [6, 6.07) is 0. The van der Waals surface area contributed by atoms with Crippen LogP contribution in [0.5, 0.6) is 0 Å². The number of carbonyl (C=O) groups excluding carboxylic acids is 1. The largest absolute Gasteiger partial charge is 0.303 e. The minimum Gasteiger partial charge on any atom is -0.303 e. The van der Waals surface area contributed by atoms with Gasteiger partial charge in [-0.25, -0.2) is 0 Å². The van der Waals surface area contributed by atoms with Crippen molar-refractivity contribution < 1.29 is 4.79 Å². The first-order valence-corrected chi connectivity index (χ1v) is 4.17. The summed E-state index contributed by atoms with van der Waals surface area (Å²) in [5.41, 5.74) is 0. The number of hydrogen-bond donors (Lipinski definition) is 0. The van der Waals surface area contributed by atoms with Crippen molar-refractivity contribution >= 4 is 6.29 Å². The highest BCUT2D eigenvalue weighted by molar-refractivity contribution is 5.50. The number of unbranched alkanes of at least 4 members (excludes halogenated alkanes) is 6. The molecule has 59 valence electrons. The Kier molecular flexibility index (Phi) is 8.38. The molecule has 0 atom stereocenters. The van der Waals surface area contributed by atoms with Gasteiger partial charge in [-0.15, -0.1) is 0 Å². The lowest BCUT2D eigenvalue weighted by Crippen LogP contribution is -1.80. The molecule has 0 spiro atoms. The Bertz CT molecular complexity index is 69.1. The zero-order valence-electron chi connectivity index (χ0n) is 6.81. The van der Waals surface area contributed by atoms with E-state index in [-0.39, 0.29) is 0 Å². The maximum Gasteiger partial charge on any atom is 0.120 e. The summed E-state index contributed by atoms with van der Waals surface area (Å²) in [5.74, 6) is 0. The molecule has 0 aliphatic heterocycles. The molecule has 0 saturated carbocycles. The smallest absolute Gasteiger partial charge is 0.120 e. The molecule has 1 heteroatoms. The Hall–Kier alpha value is -0.330. The summed E-state index contributed by atoms with van der Waals surface area (Å²) in [7, 11) is 0.